The van der Waals surface area contributed by atoms with Crippen LogP contribution in [-0.2, 0) is 13.1 Å². The molecular formula is C33H43F2N2O+. The Bertz CT molecular complexity index is 1190. The van der Waals surface area contributed by atoms with Crippen LogP contribution in [0.15, 0.2) is 54.6 Å². The summed E-state index contributed by atoms with van der Waals surface area (Å²) in [6.07, 6.45) is 1.78. The van der Waals surface area contributed by atoms with Gasteiger partial charge in [0.15, 0.2) is 0 Å². The van der Waals surface area contributed by atoms with Crippen molar-refractivity contribution < 1.29 is 18.1 Å². The number of aryl methyl sites for hydroxylation is 4. The summed E-state index contributed by atoms with van der Waals surface area (Å²) in [7, 11) is 0. The Labute approximate surface area is 227 Å². The van der Waals surface area contributed by atoms with Crippen LogP contribution in [0.2, 0.25) is 0 Å². The van der Waals surface area contributed by atoms with Gasteiger partial charge in [0.2, 0.25) is 0 Å². The third-order valence-corrected chi connectivity index (χ3v) is 7.50. The molecule has 1 amide bonds. The lowest BCUT2D eigenvalue weighted by Gasteiger charge is -2.37. The van der Waals surface area contributed by atoms with Gasteiger partial charge in [-0.2, -0.15) is 0 Å². The van der Waals surface area contributed by atoms with Gasteiger partial charge in [-0.1, -0.05) is 46.5 Å². The molecule has 0 unspecified atom stereocenters. The highest BCUT2D eigenvalue weighted by Crippen LogP contribution is 2.20. The van der Waals surface area contributed by atoms with E-state index in [4.69, 9.17) is 0 Å². The molecule has 5 heteroatoms. The maximum absolute atomic E-state index is 13.9. The molecule has 0 fully saturated rings. The number of halogens is 2. The van der Waals surface area contributed by atoms with Crippen molar-refractivity contribution in [3.8, 4) is 0 Å². The minimum Gasteiger partial charge on any atom is -0.334 e. The molecule has 0 radical (unpaired) electrons. The van der Waals surface area contributed by atoms with Gasteiger partial charge in [0.25, 0.3) is 5.91 Å². The van der Waals surface area contributed by atoms with E-state index in [1.165, 1.54) is 28.8 Å². The van der Waals surface area contributed by atoms with E-state index in [9.17, 15) is 13.6 Å². The first-order valence-corrected chi connectivity index (χ1v) is 13.8. The highest BCUT2D eigenvalue weighted by Gasteiger charge is 2.24. The van der Waals surface area contributed by atoms with Gasteiger partial charge >= 0.3 is 0 Å². The first-order valence-electron chi connectivity index (χ1n) is 13.8. The van der Waals surface area contributed by atoms with Crippen LogP contribution in [0.25, 0.3) is 0 Å². The molecule has 0 bridgehead atoms. The number of carbonyl (C=O) groups excluding carboxylic acids is 1. The molecule has 0 N–H and O–H groups in total. The van der Waals surface area contributed by atoms with E-state index in [1.54, 1.807) is 4.90 Å². The molecule has 3 aromatic carbocycles. The summed E-state index contributed by atoms with van der Waals surface area (Å²) in [6, 6.07) is 16.1. The van der Waals surface area contributed by atoms with Crippen molar-refractivity contribution >= 4 is 5.91 Å². The van der Waals surface area contributed by atoms with Crippen LogP contribution in [0, 0.1) is 39.3 Å². The van der Waals surface area contributed by atoms with Crippen molar-refractivity contribution in [1.29, 1.82) is 0 Å². The Kier molecular flexibility index (Phi) is 10.2. The maximum Gasteiger partial charge on any atom is 0.254 e. The molecule has 3 rings (SSSR count). The van der Waals surface area contributed by atoms with Gasteiger partial charge < -0.3 is 9.38 Å². The number of hydrogen-bond donors (Lipinski definition) is 0. The fourth-order valence-corrected chi connectivity index (χ4v) is 5.60. The fourth-order valence-electron chi connectivity index (χ4n) is 5.60. The van der Waals surface area contributed by atoms with Gasteiger partial charge in [0, 0.05) is 30.3 Å². The van der Waals surface area contributed by atoms with Crippen LogP contribution in [0.4, 0.5) is 8.78 Å². The zero-order valence-electron chi connectivity index (χ0n) is 23.9. The normalized spacial score (nSPS) is 11.6. The van der Waals surface area contributed by atoms with Crippen molar-refractivity contribution in [1.82, 2.24) is 4.90 Å². The smallest absolute Gasteiger partial charge is 0.254 e. The number of nitrogens with zero attached hydrogens (tertiary/aromatic N) is 2. The highest BCUT2D eigenvalue weighted by atomic mass is 19.1. The molecule has 0 saturated carbocycles. The second-order valence-electron chi connectivity index (χ2n) is 10.9. The Balaban J connectivity index is 1.74. The van der Waals surface area contributed by atoms with Crippen LogP contribution >= 0.6 is 0 Å². The molecule has 204 valence electrons. The third kappa shape index (κ3) is 8.22. The molecular weight excluding hydrogens is 478 g/mol. The summed E-state index contributed by atoms with van der Waals surface area (Å²) in [5.74, 6) is -1.36. The van der Waals surface area contributed by atoms with E-state index in [0.717, 1.165) is 60.7 Å². The number of carbonyl (C=O) groups is 1. The number of amides is 1. The minimum absolute atomic E-state index is 0.108. The average Bonchev–Trinajstić information content (AvgIpc) is 2.83. The zero-order chi connectivity index (χ0) is 27.9. The quantitative estimate of drug-likeness (QED) is 0.177. The van der Waals surface area contributed by atoms with Crippen LogP contribution in [0.1, 0.15) is 70.4 Å². The standard InChI is InChI=1S/C33H43F2N2O/c1-7-37(8-2,23-29-15-24(3)13-25(4)16-29)12-10-9-11-36(22-28-19-31(34)21-32(35)20-28)33(38)30-17-26(5)14-27(6)18-30/h13-21H,7-12,22-23H2,1-6H3/q+1. The Morgan fingerprint density at radius 1 is 0.711 bits per heavy atom. The number of rotatable bonds is 12. The molecule has 3 nitrogen and oxygen atoms in total. The molecule has 0 aliphatic carbocycles. The van der Waals surface area contributed by atoms with Gasteiger partial charge in [-0.25, -0.2) is 8.78 Å². The summed E-state index contributed by atoms with van der Waals surface area (Å²) < 4.78 is 28.8. The Morgan fingerprint density at radius 3 is 1.76 bits per heavy atom. The predicted molar refractivity (Wildman–Crippen MR) is 152 cm³/mol. The van der Waals surface area contributed by atoms with Crippen molar-refractivity contribution in [2.45, 2.75) is 67.5 Å². The largest absolute Gasteiger partial charge is 0.334 e. The zero-order valence-corrected chi connectivity index (χ0v) is 23.9. The first kappa shape index (κ1) is 29.5. The highest BCUT2D eigenvalue weighted by molar-refractivity contribution is 5.94. The van der Waals surface area contributed by atoms with Gasteiger partial charge in [0.1, 0.15) is 18.2 Å². The Morgan fingerprint density at radius 2 is 1.24 bits per heavy atom. The number of quaternary nitrogens is 1. The fraction of sp³-hybridized carbons (Fsp3) is 0.424. The maximum atomic E-state index is 13.9. The molecule has 38 heavy (non-hydrogen) atoms. The van der Waals surface area contributed by atoms with E-state index in [2.05, 4.69) is 45.9 Å². The topological polar surface area (TPSA) is 20.3 Å². The summed E-state index contributed by atoms with van der Waals surface area (Å²) >= 11 is 0. The number of unbranched alkanes of at least 4 members (excludes halogenated alkanes) is 1. The van der Waals surface area contributed by atoms with Gasteiger partial charge in [0.05, 0.1) is 19.6 Å². The monoisotopic (exact) mass is 521 g/mol. The molecule has 0 saturated heterocycles. The molecule has 0 heterocycles. The van der Waals surface area contributed by atoms with Crippen molar-refractivity contribution in [2.75, 3.05) is 26.2 Å². The van der Waals surface area contributed by atoms with E-state index < -0.39 is 11.6 Å². The minimum atomic E-state index is -0.627. The SMILES string of the molecule is CC[N+](CC)(CCCCN(Cc1cc(F)cc(F)c1)C(=O)c1cc(C)cc(C)c1)Cc1cc(C)cc(C)c1. The lowest BCUT2D eigenvalue weighted by molar-refractivity contribution is -0.938. The lowest BCUT2D eigenvalue weighted by Crippen LogP contribution is -2.47. The van der Waals surface area contributed by atoms with Crippen molar-refractivity contribution in [2.24, 2.45) is 0 Å². The molecule has 0 aliphatic rings. The lowest BCUT2D eigenvalue weighted by atomic mass is 10.0. The third-order valence-electron chi connectivity index (χ3n) is 7.50. The van der Waals surface area contributed by atoms with E-state index in [-0.39, 0.29) is 12.5 Å². The summed E-state index contributed by atoms with van der Waals surface area (Å²) in [5, 5.41) is 0. The molecule has 0 aromatic heterocycles. The van der Waals surface area contributed by atoms with Crippen molar-refractivity contribution in [3.05, 3.63) is 105 Å². The van der Waals surface area contributed by atoms with E-state index in [0.29, 0.717) is 17.7 Å². The summed E-state index contributed by atoms with van der Waals surface area (Å²) in [4.78, 5) is 15.3. The van der Waals surface area contributed by atoms with Crippen LogP contribution in [0.5, 0.6) is 0 Å². The van der Waals surface area contributed by atoms with Gasteiger partial charge in [-0.3, -0.25) is 4.79 Å². The predicted octanol–water partition coefficient (Wildman–Crippen LogP) is 7.68. The van der Waals surface area contributed by atoms with Gasteiger partial charge in [-0.05, 0) is 84.2 Å². The van der Waals surface area contributed by atoms with Crippen LogP contribution in [0.3, 0.4) is 0 Å². The molecule has 3 aromatic rings. The number of benzene rings is 3. The average molecular weight is 522 g/mol. The summed E-state index contributed by atoms with van der Waals surface area (Å²) in [5.41, 5.74) is 7.06. The molecule has 0 atom stereocenters. The second-order valence-corrected chi connectivity index (χ2v) is 10.9. The van der Waals surface area contributed by atoms with Crippen LogP contribution < -0.4 is 0 Å². The first-order chi connectivity index (χ1) is 18.0. The summed E-state index contributed by atoms with van der Waals surface area (Å²) in [6.45, 7) is 17.5. The molecule has 0 spiro atoms. The van der Waals surface area contributed by atoms with Crippen LogP contribution in [-0.4, -0.2) is 41.5 Å². The Hall–Kier alpha value is -3.05. The van der Waals surface area contributed by atoms with Crippen molar-refractivity contribution in [3.63, 3.8) is 0 Å². The number of hydrogen-bond acceptors (Lipinski definition) is 1. The van der Waals surface area contributed by atoms with E-state index in [1.807, 2.05) is 32.0 Å². The second kappa shape index (κ2) is 13.1. The molecule has 0 aliphatic heterocycles. The van der Waals surface area contributed by atoms with E-state index >= 15 is 0 Å². The van der Waals surface area contributed by atoms with Gasteiger partial charge in [-0.15, -0.1) is 0 Å².